The normalized spacial score (nSPS) is 25.6. The van der Waals surface area contributed by atoms with Crippen LogP contribution in [-0.4, -0.2) is 137 Å². The molecule has 7 rings (SSSR count). The first-order valence-corrected chi connectivity index (χ1v) is 18.0. The van der Waals surface area contributed by atoms with Crippen molar-refractivity contribution in [2.24, 2.45) is 5.92 Å². The Balaban J connectivity index is 0.859. The number of nitrogens with one attached hydrogen (secondary N) is 1. The number of amides is 1. The van der Waals surface area contributed by atoms with Gasteiger partial charge in [0, 0.05) is 63.5 Å². The molecule has 2 atom stereocenters. The number of rotatable bonds is 5. The Bertz CT molecular complexity index is 1380. The Kier molecular flexibility index (Phi) is 9.49. The first-order valence-electron chi connectivity index (χ1n) is 18.0. The molecule has 2 N–H and O–H groups in total. The number of benzene rings is 1. The van der Waals surface area contributed by atoms with Crippen LogP contribution in [0, 0.1) is 5.92 Å². The number of phenols is 1. The summed E-state index contributed by atoms with van der Waals surface area (Å²) in [6, 6.07) is 11.2. The lowest BCUT2D eigenvalue weighted by atomic mass is 9.94. The second-order valence-electron chi connectivity index (χ2n) is 15.4. The number of likely N-dealkylation sites (tertiary alicyclic amines) is 3. The van der Waals surface area contributed by atoms with E-state index in [0.717, 1.165) is 69.3 Å². The van der Waals surface area contributed by atoms with E-state index in [1.165, 1.54) is 58.3 Å². The summed E-state index contributed by atoms with van der Waals surface area (Å²) >= 11 is 0. The van der Waals surface area contributed by atoms with E-state index in [0.29, 0.717) is 29.7 Å². The van der Waals surface area contributed by atoms with Gasteiger partial charge in [0.2, 0.25) is 0 Å². The molecule has 6 heterocycles. The molecule has 5 aliphatic rings. The van der Waals surface area contributed by atoms with Gasteiger partial charge in [0.15, 0.2) is 5.82 Å². The summed E-state index contributed by atoms with van der Waals surface area (Å²) in [7, 11) is 0. The van der Waals surface area contributed by atoms with Crippen molar-refractivity contribution in [3.05, 3.63) is 30.3 Å². The minimum atomic E-state index is -0.439. The molecular weight excluding hydrogens is 592 g/mol. The zero-order valence-electron chi connectivity index (χ0n) is 28.6. The minimum absolute atomic E-state index is 0.152. The van der Waals surface area contributed by atoms with Crippen LogP contribution in [0.1, 0.15) is 59.3 Å². The second kappa shape index (κ2) is 13.8. The van der Waals surface area contributed by atoms with Crippen LogP contribution in [-0.2, 0) is 4.74 Å². The number of carbonyl (C=O) groups is 1. The smallest absolute Gasteiger partial charge is 0.410 e. The predicted octanol–water partition coefficient (Wildman–Crippen LogP) is 4.34. The van der Waals surface area contributed by atoms with E-state index in [2.05, 4.69) is 41.2 Å². The molecule has 0 spiro atoms. The molecule has 0 saturated carbocycles. The predicted molar refractivity (Wildman–Crippen MR) is 185 cm³/mol. The van der Waals surface area contributed by atoms with Crippen LogP contribution in [0.3, 0.4) is 0 Å². The van der Waals surface area contributed by atoms with E-state index >= 15 is 0 Å². The van der Waals surface area contributed by atoms with E-state index in [1.54, 1.807) is 6.07 Å². The van der Waals surface area contributed by atoms with Crippen LogP contribution in [0.15, 0.2) is 30.3 Å². The topological polar surface area (TPSA) is 101 Å². The number of para-hydroxylation sites is 1. The van der Waals surface area contributed by atoms with E-state index in [1.807, 2.05) is 43.9 Å². The quantitative estimate of drug-likeness (QED) is 0.488. The van der Waals surface area contributed by atoms with Crippen molar-refractivity contribution in [3.8, 4) is 17.0 Å². The molecule has 11 heteroatoms. The SMILES string of the molecule is CC(C)(C)OC(=O)N1CCC[C@H](CN2CCC(N3CCC(N4CCN5c6cc(-c7ccccc7O)nnc6NC[C@H]5C4)CC3)CC2)C1. The molecule has 4 saturated heterocycles. The molecule has 0 radical (unpaired) electrons. The molecule has 47 heavy (non-hydrogen) atoms. The van der Waals surface area contributed by atoms with Crippen LogP contribution < -0.4 is 10.2 Å². The Labute approximate surface area is 280 Å². The van der Waals surface area contributed by atoms with E-state index in [9.17, 15) is 9.90 Å². The summed E-state index contributed by atoms with van der Waals surface area (Å²) in [4.78, 5) is 25.3. The lowest BCUT2D eigenvalue weighted by molar-refractivity contribution is 0.0120. The first kappa shape index (κ1) is 32.4. The van der Waals surface area contributed by atoms with Gasteiger partial charge in [0.25, 0.3) is 0 Å². The minimum Gasteiger partial charge on any atom is -0.507 e. The first-order chi connectivity index (χ1) is 22.7. The van der Waals surface area contributed by atoms with Crippen molar-refractivity contribution in [1.29, 1.82) is 0 Å². The molecule has 0 unspecified atom stereocenters. The Morgan fingerprint density at radius 3 is 2.40 bits per heavy atom. The number of anilines is 2. The highest BCUT2D eigenvalue weighted by Crippen LogP contribution is 2.37. The summed E-state index contributed by atoms with van der Waals surface area (Å²) in [5.41, 5.74) is 2.09. The van der Waals surface area contributed by atoms with Gasteiger partial charge in [-0.05, 0) is 110 Å². The van der Waals surface area contributed by atoms with Crippen molar-refractivity contribution in [3.63, 3.8) is 0 Å². The maximum Gasteiger partial charge on any atom is 0.410 e. The van der Waals surface area contributed by atoms with E-state index in [-0.39, 0.29) is 11.8 Å². The fraction of sp³-hybridized carbons (Fsp3) is 0.694. The number of hydrogen-bond donors (Lipinski definition) is 2. The number of phenolic OH excluding ortho intramolecular Hbond substituents is 1. The highest BCUT2D eigenvalue weighted by molar-refractivity contribution is 5.76. The molecule has 0 bridgehead atoms. The third-order valence-electron chi connectivity index (χ3n) is 11.1. The van der Waals surface area contributed by atoms with Gasteiger partial charge in [0.1, 0.15) is 11.4 Å². The van der Waals surface area contributed by atoms with Crippen LogP contribution in [0.5, 0.6) is 5.75 Å². The van der Waals surface area contributed by atoms with Crippen molar-refractivity contribution in [2.45, 2.75) is 83.0 Å². The molecule has 4 fully saturated rings. The zero-order valence-corrected chi connectivity index (χ0v) is 28.6. The lowest BCUT2D eigenvalue weighted by Gasteiger charge is -2.50. The van der Waals surface area contributed by atoms with E-state index in [4.69, 9.17) is 4.74 Å². The second-order valence-corrected chi connectivity index (χ2v) is 15.4. The molecule has 256 valence electrons. The van der Waals surface area contributed by atoms with Gasteiger partial charge in [-0.15, -0.1) is 10.2 Å². The molecule has 1 aromatic carbocycles. The fourth-order valence-corrected chi connectivity index (χ4v) is 8.62. The Hall–Kier alpha value is -3.15. The number of fused-ring (bicyclic) bond motifs is 3. The third kappa shape index (κ3) is 7.47. The summed E-state index contributed by atoms with van der Waals surface area (Å²) in [6.45, 7) is 17.3. The number of nitrogens with zero attached hydrogens (tertiary/aromatic N) is 7. The molecule has 11 nitrogen and oxygen atoms in total. The van der Waals surface area contributed by atoms with Crippen molar-refractivity contribution < 1.29 is 14.6 Å². The Morgan fingerprint density at radius 1 is 0.894 bits per heavy atom. The van der Waals surface area contributed by atoms with Crippen LogP contribution >= 0.6 is 0 Å². The lowest BCUT2D eigenvalue weighted by Crippen LogP contribution is -2.61. The molecule has 0 aliphatic carbocycles. The van der Waals surface area contributed by atoms with Gasteiger partial charge < -0.3 is 34.8 Å². The van der Waals surface area contributed by atoms with Crippen molar-refractivity contribution >= 4 is 17.6 Å². The van der Waals surface area contributed by atoms with E-state index < -0.39 is 5.60 Å². The molecule has 1 amide bonds. The summed E-state index contributed by atoms with van der Waals surface area (Å²) < 4.78 is 5.65. The van der Waals surface area contributed by atoms with Gasteiger partial charge >= 0.3 is 6.09 Å². The van der Waals surface area contributed by atoms with Gasteiger partial charge in [-0.1, -0.05) is 12.1 Å². The maximum absolute atomic E-state index is 12.6. The molecule has 1 aromatic heterocycles. The number of aromatic nitrogens is 2. The van der Waals surface area contributed by atoms with Crippen LogP contribution in [0.4, 0.5) is 16.3 Å². The monoisotopic (exact) mass is 646 g/mol. The molecule has 5 aliphatic heterocycles. The number of piperidine rings is 3. The van der Waals surface area contributed by atoms with Gasteiger partial charge in [-0.2, -0.15) is 0 Å². The van der Waals surface area contributed by atoms with Crippen molar-refractivity contribution in [2.75, 3.05) is 82.2 Å². The maximum atomic E-state index is 12.6. The number of ether oxygens (including phenoxy) is 1. The van der Waals surface area contributed by atoms with Gasteiger partial charge in [-0.25, -0.2) is 4.79 Å². The summed E-state index contributed by atoms with van der Waals surface area (Å²) in [5.74, 6) is 1.62. The van der Waals surface area contributed by atoms with Gasteiger partial charge in [0.05, 0.1) is 17.4 Å². The van der Waals surface area contributed by atoms with Crippen LogP contribution in [0.2, 0.25) is 0 Å². The van der Waals surface area contributed by atoms with Crippen molar-refractivity contribution in [1.82, 2.24) is 29.8 Å². The average Bonchev–Trinajstić information content (AvgIpc) is 3.08. The third-order valence-corrected chi connectivity index (χ3v) is 11.1. The average molecular weight is 647 g/mol. The van der Waals surface area contributed by atoms with Gasteiger partial charge in [-0.3, -0.25) is 4.90 Å². The number of piperazine rings is 1. The largest absolute Gasteiger partial charge is 0.507 e. The number of aromatic hydroxyl groups is 1. The fourth-order valence-electron chi connectivity index (χ4n) is 8.62. The highest BCUT2D eigenvalue weighted by atomic mass is 16.6. The Morgan fingerprint density at radius 2 is 1.64 bits per heavy atom. The van der Waals surface area contributed by atoms with Crippen LogP contribution in [0.25, 0.3) is 11.3 Å². The summed E-state index contributed by atoms with van der Waals surface area (Å²) in [6.07, 6.45) is 7.14. The number of hydrogen-bond acceptors (Lipinski definition) is 10. The zero-order chi connectivity index (χ0) is 32.5. The number of carbonyl (C=O) groups excluding carboxylic acids is 1. The summed E-state index contributed by atoms with van der Waals surface area (Å²) in [5, 5.41) is 22.8. The molecular formula is C36H54N8O3. The molecule has 2 aromatic rings. The highest BCUT2D eigenvalue weighted by Gasteiger charge is 2.38. The standard InChI is InChI=1S/C36H54N8O3/c1-36(2,3)47-35(46)43-14-6-7-26(24-43)23-40-15-10-27(11-16-40)41-17-12-28(13-18-41)42-19-20-44-29(25-42)22-37-34-32(44)21-31(38-39-34)30-8-4-5-9-33(30)45/h4-5,8-9,21,26-29,45H,6-7,10-20,22-25H2,1-3H3,(H,37,39)/t26-,29+/m1/s1.